The Hall–Kier alpha value is -1.76. The maximum atomic E-state index is 11.5. The number of hydrogen-bond acceptors (Lipinski definition) is 5. The molecule has 0 amide bonds. The zero-order valence-electron chi connectivity index (χ0n) is 10.4. The molecule has 2 rings (SSSR count). The van der Waals surface area contributed by atoms with E-state index in [-0.39, 0.29) is 17.2 Å². The summed E-state index contributed by atoms with van der Waals surface area (Å²) in [6, 6.07) is 6.25. The van der Waals surface area contributed by atoms with Crippen LogP contribution in [0.5, 0.6) is 0 Å². The Labute approximate surface area is 111 Å². The van der Waals surface area contributed by atoms with E-state index in [9.17, 15) is 18.5 Å². The molecular formula is C12H14N2O4S. The molecule has 0 spiro atoms. The SMILES string of the molecule is CC1(N=Cc2ccccc2[N+](=O)[O-])CCS(=O)(=O)C1. The quantitative estimate of drug-likeness (QED) is 0.478. The molecule has 1 aliphatic rings. The maximum Gasteiger partial charge on any atom is 0.278 e. The van der Waals surface area contributed by atoms with Crippen molar-refractivity contribution in [1.29, 1.82) is 0 Å². The van der Waals surface area contributed by atoms with Crippen LogP contribution in [0.15, 0.2) is 29.3 Å². The fraction of sp³-hybridized carbons (Fsp3) is 0.417. The largest absolute Gasteiger partial charge is 0.285 e. The molecule has 1 aliphatic heterocycles. The molecule has 1 saturated heterocycles. The van der Waals surface area contributed by atoms with Crippen molar-refractivity contribution in [3.8, 4) is 0 Å². The Bertz CT molecular complexity index is 639. The first-order valence-corrected chi connectivity index (χ1v) is 7.63. The third kappa shape index (κ3) is 3.17. The molecule has 1 aromatic rings. The minimum Gasteiger partial charge on any atom is -0.285 e. The van der Waals surface area contributed by atoms with Crippen molar-refractivity contribution in [1.82, 2.24) is 0 Å². The van der Waals surface area contributed by atoms with Crippen molar-refractivity contribution in [2.45, 2.75) is 18.9 Å². The van der Waals surface area contributed by atoms with E-state index in [1.54, 1.807) is 25.1 Å². The van der Waals surface area contributed by atoms with Gasteiger partial charge >= 0.3 is 0 Å². The second kappa shape index (κ2) is 4.73. The van der Waals surface area contributed by atoms with Crippen LogP contribution in [0.1, 0.15) is 18.9 Å². The van der Waals surface area contributed by atoms with Crippen molar-refractivity contribution >= 4 is 21.7 Å². The number of nitro groups is 1. The third-order valence-corrected chi connectivity index (χ3v) is 5.02. The maximum absolute atomic E-state index is 11.5. The Morgan fingerprint density at radius 2 is 2.11 bits per heavy atom. The Morgan fingerprint density at radius 1 is 1.42 bits per heavy atom. The molecule has 1 heterocycles. The number of nitrogens with zero attached hydrogens (tertiary/aromatic N) is 2. The van der Waals surface area contributed by atoms with E-state index in [1.165, 1.54) is 12.3 Å². The van der Waals surface area contributed by atoms with Gasteiger partial charge < -0.3 is 0 Å². The van der Waals surface area contributed by atoms with Gasteiger partial charge in [-0.15, -0.1) is 0 Å². The zero-order valence-corrected chi connectivity index (χ0v) is 11.3. The van der Waals surface area contributed by atoms with Crippen LogP contribution in [0.25, 0.3) is 0 Å². The van der Waals surface area contributed by atoms with E-state index in [1.807, 2.05) is 0 Å². The van der Waals surface area contributed by atoms with Crippen molar-refractivity contribution in [2.75, 3.05) is 11.5 Å². The van der Waals surface area contributed by atoms with E-state index in [4.69, 9.17) is 0 Å². The molecule has 102 valence electrons. The van der Waals surface area contributed by atoms with Crippen LogP contribution in [0.2, 0.25) is 0 Å². The number of para-hydroxylation sites is 1. The van der Waals surface area contributed by atoms with Gasteiger partial charge in [-0.05, 0) is 19.4 Å². The van der Waals surface area contributed by atoms with Crippen LogP contribution in [0.3, 0.4) is 0 Å². The number of benzene rings is 1. The molecule has 0 radical (unpaired) electrons. The van der Waals surface area contributed by atoms with Gasteiger partial charge in [0.1, 0.15) is 0 Å². The summed E-state index contributed by atoms with van der Waals surface area (Å²) < 4.78 is 22.9. The Morgan fingerprint density at radius 3 is 2.68 bits per heavy atom. The summed E-state index contributed by atoms with van der Waals surface area (Å²) in [6.07, 6.45) is 1.85. The van der Waals surface area contributed by atoms with E-state index < -0.39 is 20.3 Å². The Balaban J connectivity index is 2.27. The predicted octanol–water partition coefficient (Wildman–Crippen LogP) is 1.59. The van der Waals surface area contributed by atoms with Crippen molar-refractivity contribution in [3.63, 3.8) is 0 Å². The van der Waals surface area contributed by atoms with Gasteiger partial charge in [0.2, 0.25) is 0 Å². The lowest BCUT2D eigenvalue weighted by Crippen LogP contribution is -2.23. The van der Waals surface area contributed by atoms with Gasteiger partial charge in [-0.25, -0.2) is 8.42 Å². The molecule has 1 fully saturated rings. The first kappa shape index (κ1) is 13.7. The molecule has 0 aliphatic carbocycles. The van der Waals surface area contributed by atoms with Crippen molar-refractivity contribution < 1.29 is 13.3 Å². The molecule has 7 heteroatoms. The molecule has 0 N–H and O–H groups in total. The summed E-state index contributed by atoms with van der Waals surface area (Å²) in [6.45, 7) is 1.75. The van der Waals surface area contributed by atoms with Crippen molar-refractivity contribution in [2.24, 2.45) is 4.99 Å². The molecule has 1 atom stereocenters. The van der Waals surface area contributed by atoms with Gasteiger partial charge in [0.25, 0.3) is 5.69 Å². The number of rotatable bonds is 3. The first-order chi connectivity index (χ1) is 8.81. The minimum absolute atomic E-state index is 0.00285. The topological polar surface area (TPSA) is 89.6 Å². The molecule has 1 aromatic carbocycles. The lowest BCUT2D eigenvalue weighted by Gasteiger charge is -2.15. The highest BCUT2D eigenvalue weighted by molar-refractivity contribution is 7.91. The number of sulfone groups is 1. The van der Waals surface area contributed by atoms with E-state index in [0.29, 0.717) is 12.0 Å². The fourth-order valence-corrected chi connectivity index (χ4v) is 4.15. The molecule has 0 bridgehead atoms. The van der Waals surface area contributed by atoms with Gasteiger partial charge in [-0.3, -0.25) is 15.1 Å². The predicted molar refractivity (Wildman–Crippen MR) is 72.4 cm³/mol. The molecule has 6 nitrogen and oxygen atoms in total. The standard InChI is InChI=1S/C12H14N2O4S/c1-12(6-7-19(17,18)9-12)13-8-10-4-2-3-5-11(10)14(15)16/h2-5,8H,6-7,9H2,1H3. The number of aliphatic imine (C=N–C) groups is 1. The van der Waals surface area contributed by atoms with Crippen LogP contribution >= 0.6 is 0 Å². The highest BCUT2D eigenvalue weighted by Crippen LogP contribution is 2.27. The molecule has 1 unspecified atom stereocenters. The summed E-state index contributed by atoms with van der Waals surface area (Å²) in [5, 5.41) is 10.8. The van der Waals surface area contributed by atoms with E-state index in [0.717, 1.165) is 0 Å². The van der Waals surface area contributed by atoms with Gasteiger partial charge in [0, 0.05) is 12.3 Å². The zero-order chi connectivity index (χ0) is 14.1. The summed E-state index contributed by atoms with van der Waals surface area (Å²) in [4.78, 5) is 14.6. The monoisotopic (exact) mass is 282 g/mol. The van der Waals surface area contributed by atoms with E-state index >= 15 is 0 Å². The van der Waals surface area contributed by atoms with Crippen molar-refractivity contribution in [3.05, 3.63) is 39.9 Å². The van der Waals surface area contributed by atoms with Crippen LogP contribution in [-0.4, -0.2) is 36.6 Å². The highest BCUT2D eigenvalue weighted by Gasteiger charge is 2.37. The summed E-state index contributed by atoms with van der Waals surface area (Å²) in [5.74, 6) is 0.120. The van der Waals surface area contributed by atoms with Crippen LogP contribution in [0.4, 0.5) is 5.69 Å². The fourth-order valence-electron chi connectivity index (χ4n) is 2.08. The second-order valence-corrected chi connectivity index (χ2v) is 7.10. The molecular weight excluding hydrogens is 268 g/mol. The Kier molecular flexibility index (Phi) is 3.40. The molecule has 19 heavy (non-hydrogen) atoms. The molecule has 0 saturated carbocycles. The summed E-state index contributed by atoms with van der Waals surface area (Å²) in [5.41, 5.74) is -0.323. The third-order valence-electron chi connectivity index (χ3n) is 3.13. The lowest BCUT2D eigenvalue weighted by molar-refractivity contribution is -0.385. The summed E-state index contributed by atoms with van der Waals surface area (Å²) in [7, 11) is -3.03. The average Bonchev–Trinajstić information content (AvgIpc) is 2.62. The lowest BCUT2D eigenvalue weighted by atomic mass is 10.0. The van der Waals surface area contributed by atoms with Crippen LogP contribution in [-0.2, 0) is 9.84 Å². The van der Waals surface area contributed by atoms with E-state index in [2.05, 4.69) is 4.99 Å². The minimum atomic E-state index is -3.03. The molecule has 0 aromatic heterocycles. The number of hydrogen-bond donors (Lipinski definition) is 0. The summed E-state index contributed by atoms with van der Waals surface area (Å²) >= 11 is 0. The smallest absolute Gasteiger partial charge is 0.278 e. The van der Waals surface area contributed by atoms with Gasteiger partial charge in [-0.1, -0.05) is 12.1 Å². The van der Waals surface area contributed by atoms with Gasteiger partial charge in [0.15, 0.2) is 9.84 Å². The highest BCUT2D eigenvalue weighted by atomic mass is 32.2. The normalized spacial score (nSPS) is 25.7. The number of nitro benzene ring substituents is 1. The average molecular weight is 282 g/mol. The van der Waals surface area contributed by atoms with Crippen LogP contribution < -0.4 is 0 Å². The van der Waals surface area contributed by atoms with Crippen LogP contribution in [0, 0.1) is 10.1 Å². The second-order valence-electron chi connectivity index (χ2n) is 4.91. The first-order valence-electron chi connectivity index (χ1n) is 5.80. The van der Waals surface area contributed by atoms with Gasteiger partial charge in [0.05, 0.1) is 27.5 Å². The van der Waals surface area contributed by atoms with Gasteiger partial charge in [-0.2, -0.15) is 0 Å².